The zero-order valence-corrected chi connectivity index (χ0v) is 16.0. The molecule has 2 aromatic rings. The van der Waals surface area contributed by atoms with Gasteiger partial charge < -0.3 is 4.74 Å². The molecule has 1 unspecified atom stereocenters. The summed E-state index contributed by atoms with van der Waals surface area (Å²) in [5, 5.41) is 1.18. The van der Waals surface area contributed by atoms with E-state index < -0.39 is 0 Å². The molecule has 0 bridgehead atoms. The van der Waals surface area contributed by atoms with Gasteiger partial charge in [0, 0.05) is 33.3 Å². The quantitative estimate of drug-likeness (QED) is 0.731. The molecular weight excluding hydrogens is 346 g/mol. The lowest BCUT2D eigenvalue weighted by molar-refractivity contribution is -0.136. The maximum atomic E-state index is 12.9. The van der Waals surface area contributed by atoms with E-state index in [9.17, 15) is 9.59 Å². The Morgan fingerprint density at radius 2 is 1.96 bits per heavy atom. The molecule has 1 aromatic carbocycles. The Hall–Kier alpha value is -2.27. The summed E-state index contributed by atoms with van der Waals surface area (Å²) in [6, 6.07) is 8.22. The van der Waals surface area contributed by atoms with Gasteiger partial charge in [-0.15, -0.1) is 11.3 Å². The van der Waals surface area contributed by atoms with E-state index >= 15 is 0 Å². The Balaban J connectivity index is 1.97. The van der Waals surface area contributed by atoms with Crippen LogP contribution >= 0.6 is 11.3 Å². The maximum Gasteiger partial charge on any atom is 0.336 e. The molecule has 0 N–H and O–H groups in total. The average molecular weight is 367 g/mol. The lowest BCUT2D eigenvalue weighted by Gasteiger charge is -2.35. The van der Waals surface area contributed by atoms with E-state index in [1.807, 2.05) is 19.1 Å². The molecule has 0 radical (unpaired) electrons. The number of hydrogen-bond donors (Lipinski definition) is 0. The molecule has 1 fully saturated rings. The highest BCUT2D eigenvalue weighted by atomic mass is 32.1. The summed E-state index contributed by atoms with van der Waals surface area (Å²) >= 11 is 1.67. The van der Waals surface area contributed by atoms with Gasteiger partial charge in [-0.3, -0.25) is 9.79 Å². The summed E-state index contributed by atoms with van der Waals surface area (Å²) in [5.41, 5.74) is 3.28. The fraction of sp³-hybridized carbons (Fsp3) is 0.381. The lowest BCUT2D eigenvalue weighted by atomic mass is 9.71. The number of rotatable bonds is 2. The summed E-state index contributed by atoms with van der Waals surface area (Å²) in [4.78, 5) is 31.2. The third kappa shape index (κ3) is 2.53. The number of esters is 1. The lowest BCUT2D eigenvalue weighted by Crippen LogP contribution is -2.38. The first-order valence-corrected chi connectivity index (χ1v) is 9.72. The molecule has 4 nitrogen and oxygen atoms in total. The number of nitrogens with zero attached hydrogens (tertiary/aromatic N) is 1. The monoisotopic (exact) mass is 367 g/mol. The molecule has 4 rings (SSSR count). The summed E-state index contributed by atoms with van der Waals surface area (Å²) in [5.74, 6) is -0.829. The van der Waals surface area contributed by atoms with Crippen molar-refractivity contribution in [2.24, 2.45) is 10.9 Å². The molecule has 1 aliphatic heterocycles. The number of aliphatic imine (C=N–C) groups is 1. The average Bonchev–Trinajstić information content (AvgIpc) is 2.97. The van der Waals surface area contributed by atoms with Crippen molar-refractivity contribution in [3.05, 3.63) is 46.0 Å². The van der Waals surface area contributed by atoms with E-state index in [4.69, 9.17) is 4.74 Å². The van der Waals surface area contributed by atoms with Crippen molar-refractivity contribution < 1.29 is 14.3 Å². The van der Waals surface area contributed by atoms with Crippen LogP contribution in [-0.2, 0) is 14.3 Å². The minimum absolute atomic E-state index is 0.186. The first-order chi connectivity index (χ1) is 12.5. The van der Waals surface area contributed by atoms with Gasteiger partial charge in [0.15, 0.2) is 0 Å². The number of methoxy groups -OCH3 is 1. The molecule has 26 heavy (non-hydrogen) atoms. The third-order valence-corrected chi connectivity index (χ3v) is 6.83. The molecule has 1 aliphatic carbocycles. The second-order valence-electron chi connectivity index (χ2n) is 6.96. The van der Waals surface area contributed by atoms with Crippen molar-refractivity contribution in [1.82, 2.24) is 0 Å². The number of Topliss-reactive ketones (excluding diaryl/α,β-unsaturated/α-hetero) is 1. The van der Waals surface area contributed by atoms with Crippen LogP contribution in [0, 0.1) is 12.8 Å². The minimum Gasteiger partial charge on any atom is -0.466 e. The van der Waals surface area contributed by atoms with Crippen molar-refractivity contribution in [1.29, 1.82) is 0 Å². The molecule has 0 spiro atoms. The molecule has 2 heterocycles. The second kappa shape index (κ2) is 6.47. The number of ether oxygens (including phenoxy) is 1. The number of fused-ring (bicyclic) bond motifs is 2. The molecule has 5 heteroatoms. The fourth-order valence-electron chi connectivity index (χ4n) is 4.27. The summed E-state index contributed by atoms with van der Waals surface area (Å²) in [7, 11) is 1.39. The van der Waals surface area contributed by atoms with Gasteiger partial charge in [-0.1, -0.05) is 18.2 Å². The smallest absolute Gasteiger partial charge is 0.336 e. The van der Waals surface area contributed by atoms with Gasteiger partial charge >= 0.3 is 5.97 Å². The molecule has 2 aliphatic rings. The molecule has 1 aromatic heterocycles. The first-order valence-electron chi connectivity index (χ1n) is 8.90. The van der Waals surface area contributed by atoms with E-state index in [1.54, 1.807) is 11.3 Å². The number of thiophene rings is 1. The molecular formula is C21H21NO3S. The Morgan fingerprint density at radius 1 is 1.19 bits per heavy atom. The van der Waals surface area contributed by atoms with E-state index in [-0.39, 0.29) is 23.6 Å². The number of hydrogen-bond acceptors (Lipinski definition) is 5. The SMILES string of the molecule is COC(=O)C1=C(C)N=C2CCCC(=O)C2[C@H]1c1sc2ccccc2c1C. The largest absolute Gasteiger partial charge is 0.466 e. The van der Waals surface area contributed by atoms with Gasteiger partial charge in [0.1, 0.15) is 5.78 Å². The molecule has 1 saturated carbocycles. The summed E-state index contributed by atoms with van der Waals surface area (Å²) in [6.45, 7) is 3.93. The van der Waals surface area contributed by atoms with Crippen molar-refractivity contribution in [2.75, 3.05) is 7.11 Å². The van der Waals surface area contributed by atoms with Crippen LogP contribution in [-0.4, -0.2) is 24.6 Å². The van der Waals surface area contributed by atoms with Crippen molar-refractivity contribution >= 4 is 38.9 Å². The van der Waals surface area contributed by atoms with Gasteiger partial charge in [-0.2, -0.15) is 0 Å². The number of benzene rings is 1. The van der Waals surface area contributed by atoms with Crippen molar-refractivity contribution in [2.45, 2.75) is 39.0 Å². The van der Waals surface area contributed by atoms with Gasteiger partial charge in [-0.25, -0.2) is 4.79 Å². The van der Waals surface area contributed by atoms with Crippen LogP contribution in [0.5, 0.6) is 0 Å². The van der Waals surface area contributed by atoms with Gasteiger partial charge in [0.05, 0.1) is 18.6 Å². The van der Waals surface area contributed by atoms with Crippen molar-refractivity contribution in [3.8, 4) is 0 Å². The predicted molar refractivity (Wildman–Crippen MR) is 104 cm³/mol. The highest BCUT2D eigenvalue weighted by molar-refractivity contribution is 7.19. The van der Waals surface area contributed by atoms with Crippen LogP contribution in [0.25, 0.3) is 10.1 Å². The normalized spacial score (nSPS) is 23.0. The number of carbonyl (C=O) groups is 2. The Bertz CT molecular complexity index is 982. The van der Waals surface area contributed by atoms with Gasteiger partial charge in [0.25, 0.3) is 0 Å². The van der Waals surface area contributed by atoms with Crippen LogP contribution in [0.3, 0.4) is 0 Å². The van der Waals surface area contributed by atoms with E-state index in [0.29, 0.717) is 17.7 Å². The third-order valence-electron chi connectivity index (χ3n) is 5.48. The van der Waals surface area contributed by atoms with Crippen LogP contribution < -0.4 is 0 Å². The first kappa shape index (κ1) is 17.2. The zero-order valence-electron chi connectivity index (χ0n) is 15.2. The topological polar surface area (TPSA) is 55.7 Å². The highest BCUT2D eigenvalue weighted by Crippen LogP contribution is 2.48. The highest BCUT2D eigenvalue weighted by Gasteiger charge is 2.44. The fourth-order valence-corrected chi connectivity index (χ4v) is 5.63. The zero-order chi connectivity index (χ0) is 18.4. The van der Waals surface area contributed by atoms with Crippen molar-refractivity contribution in [3.63, 3.8) is 0 Å². The Morgan fingerprint density at radius 3 is 2.69 bits per heavy atom. The summed E-state index contributed by atoms with van der Waals surface area (Å²) < 4.78 is 6.24. The standard InChI is InChI=1S/C21H21NO3S/c1-11-13-7-4-5-10-16(13)26-20(11)19-17(21(24)25-3)12(2)22-14-8-6-9-15(23)18(14)19/h4-5,7,10,18-19H,6,8-9H2,1-3H3/t18?,19-/m0/s1. The molecule has 0 amide bonds. The van der Waals surface area contributed by atoms with Crippen LogP contribution in [0.2, 0.25) is 0 Å². The van der Waals surface area contributed by atoms with Crippen LogP contribution in [0.1, 0.15) is 42.5 Å². The number of aryl methyl sites for hydroxylation is 1. The van der Waals surface area contributed by atoms with E-state index in [0.717, 1.165) is 29.0 Å². The Kier molecular flexibility index (Phi) is 4.27. The predicted octanol–water partition coefficient (Wildman–Crippen LogP) is 4.56. The maximum absolute atomic E-state index is 12.9. The number of ketones is 1. The van der Waals surface area contributed by atoms with Crippen LogP contribution in [0.15, 0.2) is 40.5 Å². The van der Waals surface area contributed by atoms with Gasteiger partial charge in [0.2, 0.25) is 0 Å². The molecule has 0 saturated heterocycles. The van der Waals surface area contributed by atoms with E-state index in [1.165, 1.54) is 17.2 Å². The Labute approximate surface area is 156 Å². The second-order valence-corrected chi connectivity index (χ2v) is 8.04. The van der Waals surface area contributed by atoms with E-state index in [2.05, 4.69) is 24.0 Å². The minimum atomic E-state index is -0.384. The van der Waals surface area contributed by atoms with Gasteiger partial charge in [-0.05, 0) is 43.7 Å². The summed E-state index contributed by atoms with van der Waals surface area (Å²) in [6.07, 6.45) is 2.22. The molecule has 134 valence electrons. The number of carbonyl (C=O) groups excluding carboxylic acids is 2. The number of allylic oxidation sites excluding steroid dienone is 1. The van der Waals surface area contributed by atoms with Crippen LogP contribution in [0.4, 0.5) is 0 Å². The molecule has 2 atom stereocenters.